The number of methoxy groups -OCH3 is 1. The number of benzene rings is 1. The fourth-order valence-electron chi connectivity index (χ4n) is 4.42. The van der Waals surface area contributed by atoms with Gasteiger partial charge in [0.25, 0.3) is 5.91 Å². The van der Waals surface area contributed by atoms with Gasteiger partial charge in [-0.25, -0.2) is 8.78 Å². The Kier molecular flexibility index (Phi) is 8.11. The fraction of sp³-hybridized carbons (Fsp3) is 0.500. The average Bonchev–Trinajstić information content (AvgIpc) is 3.08. The molecule has 1 fully saturated rings. The molecule has 0 radical (unpaired) electrons. The van der Waals surface area contributed by atoms with E-state index >= 15 is 0 Å². The van der Waals surface area contributed by atoms with E-state index in [9.17, 15) is 36.2 Å². The minimum atomic E-state index is -4.95. The third-order valence-corrected chi connectivity index (χ3v) is 6.58. The van der Waals surface area contributed by atoms with E-state index in [0.29, 0.717) is 6.07 Å². The van der Waals surface area contributed by atoms with Crippen molar-refractivity contribution in [3.63, 3.8) is 0 Å². The number of aliphatic hydroxyl groups excluding tert-OH is 1. The molecule has 3 rings (SSSR count). The number of anilines is 1. The number of amides is 1. The van der Waals surface area contributed by atoms with E-state index in [1.807, 2.05) is 0 Å². The molecule has 0 saturated carbocycles. The first-order valence-electron chi connectivity index (χ1n) is 11.2. The SMILES string of the molecule is COc1c([C@H]2[C@H](C(=O)Nc3cc([C@H](O)CN(C)C)ncc3F)O[C@@](C)(C(F)(F)F)[C@H]2C)ccc(F)c1F. The van der Waals surface area contributed by atoms with Crippen molar-refractivity contribution in [2.24, 2.45) is 5.92 Å². The van der Waals surface area contributed by atoms with Crippen LogP contribution in [0.4, 0.5) is 32.0 Å². The molecule has 2 aromatic rings. The van der Waals surface area contributed by atoms with E-state index in [1.165, 1.54) is 0 Å². The van der Waals surface area contributed by atoms with Gasteiger partial charge in [0, 0.05) is 23.9 Å². The number of ether oxygens (including phenoxy) is 2. The highest BCUT2D eigenvalue weighted by Crippen LogP contribution is 2.55. The number of halogens is 6. The van der Waals surface area contributed by atoms with E-state index in [4.69, 9.17) is 9.47 Å². The lowest BCUT2D eigenvalue weighted by Gasteiger charge is -2.32. The second-order valence-electron chi connectivity index (χ2n) is 9.30. The molecule has 5 atom stereocenters. The second kappa shape index (κ2) is 10.5. The number of aliphatic hydroxyl groups is 1. The predicted molar refractivity (Wildman–Crippen MR) is 120 cm³/mol. The molecule has 0 spiro atoms. The van der Waals surface area contributed by atoms with Gasteiger partial charge in [-0.3, -0.25) is 9.78 Å². The molecule has 204 valence electrons. The van der Waals surface area contributed by atoms with Crippen LogP contribution in [0.1, 0.15) is 37.1 Å². The third-order valence-electron chi connectivity index (χ3n) is 6.58. The maximum Gasteiger partial charge on any atom is 0.417 e. The molecule has 1 aliphatic heterocycles. The van der Waals surface area contributed by atoms with Crippen molar-refractivity contribution in [3.05, 3.63) is 53.1 Å². The molecule has 7 nitrogen and oxygen atoms in total. The van der Waals surface area contributed by atoms with Gasteiger partial charge >= 0.3 is 6.18 Å². The summed E-state index contributed by atoms with van der Waals surface area (Å²) in [5.74, 6) is -8.52. The van der Waals surface area contributed by atoms with Gasteiger partial charge in [-0.1, -0.05) is 13.0 Å². The summed E-state index contributed by atoms with van der Waals surface area (Å²) in [4.78, 5) is 18.7. The van der Waals surface area contributed by atoms with E-state index in [-0.39, 0.29) is 17.8 Å². The molecule has 1 aromatic heterocycles. The molecule has 1 saturated heterocycles. The highest BCUT2D eigenvalue weighted by molar-refractivity contribution is 5.95. The Hall–Kier alpha value is -2.90. The number of rotatable bonds is 7. The molecular formula is C24H27F6N3O4. The van der Waals surface area contributed by atoms with Crippen LogP contribution >= 0.6 is 0 Å². The van der Waals surface area contributed by atoms with Crippen molar-refractivity contribution in [2.75, 3.05) is 33.1 Å². The van der Waals surface area contributed by atoms with Crippen LogP contribution < -0.4 is 10.1 Å². The van der Waals surface area contributed by atoms with Gasteiger partial charge in [-0.2, -0.15) is 17.6 Å². The van der Waals surface area contributed by atoms with Gasteiger partial charge in [-0.05, 0) is 33.2 Å². The van der Waals surface area contributed by atoms with Crippen LogP contribution in [0.3, 0.4) is 0 Å². The molecule has 1 aliphatic rings. The Bertz CT molecular complexity index is 1160. The molecule has 13 heteroatoms. The van der Waals surface area contributed by atoms with Crippen molar-refractivity contribution < 1.29 is 45.7 Å². The van der Waals surface area contributed by atoms with Gasteiger partial charge in [0.15, 0.2) is 23.0 Å². The van der Waals surface area contributed by atoms with E-state index in [0.717, 1.165) is 39.3 Å². The zero-order chi connectivity index (χ0) is 27.9. The molecule has 2 heterocycles. The van der Waals surface area contributed by atoms with Crippen LogP contribution in [0, 0.1) is 23.4 Å². The van der Waals surface area contributed by atoms with Crippen LogP contribution in [-0.2, 0) is 9.53 Å². The number of aromatic nitrogens is 1. The molecule has 0 unspecified atom stereocenters. The van der Waals surface area contributed by atoms with E-state index in [2.05, 4.69) is 10.3 Å². The van der Waals surface area contributed by atoms with Gasteiger partial charge in [0.05, 0.1) is 24.7 Å². The quantitative estimate of drug-likeness (QED) is 0.518. The molecule has 1 amide bonds. The van der Waals surface area contributed by atoms with Crippen molar-refractivity contribution >= 4 is 11.6 Å². The number of hydrogen-bond donors (Lipinski definition) is 2. The van der Waals surface area contributed by atoms with Crippen LogP contribution in [0.25, 0.3) is 0 Å². The number of likely N-dealkylation sites (N-methyl/N-ethyl adjacent to an activating group) is 1. The zero-order valence-corrected chi connectivity index (χ0v) is 20.7. The number of alkyl halides is 3. The minimum Gasteiger partial charge on any atom is -0.493 e. The zero-order valence-electron chi connectivity index (χ0n) is 20.7. The average molecular weight is 535 g/mol. The molecule has 0 aliphatic carbocycles. The topological polar surface area (TPSA) is 83.9 Å². The minimum absolute atomic E-state index is 0.00469. The molecular weight excluding hydrogens is 508 g/mol. The van der Waals surface area contributed by atoms with Gasteiger partial charge in [-0.15, -0.1) is 0 Å². The standard InChI is InChI=1S/C24H27F6N3O4/c1-11-18(12-6-7-13(25)19(27)20(12)36-5)21(37-23(11,2)24(28,29)30)22(35)32-15-8-16(31-9-14(15)26)17(34)10-33(3)4/h6-9,11,17-18,21,34H,10H2,1-5H3,(H,31,32,35)/t11-,17+,18-,21+,23+/m0/s1. The summed E-state index contributed by atoms with van der Waals surface area (Å²) < 4.78 is 95.2. The monoisotopic (exact) mass is 535 g/mol. The van der Waals surface area contributed by atoms with Crippen molar-refractivity contribution in [1.82, 2.24) is 9.88 Å². The Morgan fingerprint density at radius 1 is 1.27 bits per heavy atom. The maximum atomic E-state index is 14.5. The predicted octanol–water partition coefficient (Wildman–Crippen LogP) is 4.18. The fourth-order valence-corrected chi connectivity index (χ4v) is 4.42. The van der Waals surface area contributed by atoms with Gasteiger partial charge < -0.3 is 24.8 Å². The summed E-state index contributed by atoms with van der Waals surface area (Å²) in [6.45, 7) is 2.03. The lowest BCUT2D eigenvalue weighted by atomic mass is 9.77. The maximum absolute atomic E-state index is 14.5. The first-order chi connectivity index (χ1) is 17.1. The third kappa shape index (κ3) is 5.39. The second-order valence-corrected chi connectivity index (χ2v) is 9.30. The Labute approximate surface area is 209 Å². The number of nitrogens with zero attached hydrogens (tertiary/aromatic N) is 2. The number of carbonyl (C=O) groups is 1. The Morgan fingerprint density at radius 2 is 1.92 bits per heavy atom. The smallest absolute Gasteiger partial charge is 0.417 e. The summed E-state index contributed by atoms with van der Waals surface area (Å²) in [5, 5.41) is 12.5. The number of pyridine rings is 1. The number of hydrogen-bond acceptors (Lipinski definition) is 6. The first-order valence-corrected chi connectivity index (χ1v) is 11.2. The van der Waals surface area contributed by atoms with Crippen molar-refractivity contribution in [1.29, 1.82) is 0 Å². The lowest BCUT2D eigenvalue weighted by molar-refractivity contribution is -0.272. The number of nitrogens with one attached hydrogen (secondary N) is 1. The van der Waals surface area contributed by atoms with Crippen LogP contribution in [0.5, 0.6) is 5.75 Å². The summed E-state index contributed by atoms with van der Waals surface area (Å²) >= 11 is 0. The van der Waals surface area contributed by atoms with Crippen molar-refractivity contribution in [3.8, 4) is 5.75 Å². The summed E-state index contributed by atoms with van der Waals surface area (Å²) in [5.41, 5.74) is -3.54. The van der Waals surface area contributed by atoms with Crippen LogP contribution in [0.15, 0.2) is 24.4 Å². The van der Waals surface area contributed by atoms with Crippen LogP contribution in [-0.4, -0.2) is 66.5 Å². The van der Waals surface area contributed by atoms with Gasteiger partial charge in [0.1, 0.15) is 12.2 Å². The normalized spacial score (nSPS) is 24.8. The molecule has 2 N–H and O–H groups in total. The highest BCUT2D eigenvalue weighted by atomic mass is 19.4. The summed E-state index contributed by atoms with van der Waals surface area (Å²) in [7, 11) is 4.36. The molecule has 1 aromatic carbocycles. The molecule has 0 bridgehead atoms. The van der Waals surface area contributed by atoms with E-state index < -0.39 is 70.6 Å². The largest absolute Gasteiger partial charge is 0.493 e. The summed E-state index contributed by atoms with van der Waals surface area (Å²) in [6, 6.07) is 2.78. The van der Waals surface area contributed by atoms with Crippen LogP contribution in [0.2, 0.25) is 0 Å². The van der Waals surface area contributed by atoms with Gasteiger partial charge in [0.2, 0.25) is 5.82 Å². The van der Waals surface area contributed by atoms with Crippen molar-refractivity contribution in [2.45, 2.75) is 43.8 Å². The highest BCUT2D eigenvalue weighted by Gasteiger charge is 2.66. The lowest BCUT2D eigenvalue weighted by Crippen LogP contribution is -2.47. The Balaban J connectivity index is 2.05. The summed E-state index contributed by atoms with van der Waals surface area (Å²) in [6.07, 6.45) is -7.25. The van der Waals surface area contributed by atoms with E-state index in [1.54, 1.807) is 19.0 Å². The first kappa shape index (κ1) is 28.7. The molecule has 37 heavy (non-hydrogen) atoms. The Morgan fingerprint density at radius 3 is 2.49 bits per heavy atom. The number of carbonyl (C=O) groups excluding carboxylic acids is 1.